The van der Waals surface area contributed by atoms with Crippen molar-refractivity contribution in [2.45, 2.75) is 71.0 Å². The molecule has 2 aliphatic heterocycles. The van der Waals surface area contributed by atoms with Gasteiger partial charge in [0.05, 0.1) is 5.92 Å². The summed E-state index contributed by atoms with van der Waals surface area (Å²) in [6.45, 7) is 9.93. The van der Waals surface area contributed by atoms with E-state index < -0.39 is 0 Å². The van der Waals surface area contributed by atoms with Crippen LogP contribution < -0.4 is 10.6 Å². The molecule has 0 spiro atoms. The summed E-state index contributed by atoms with van der Waals surface area (Å²) in [5, 5.41) is 6.76. The minimum absolute atomic E-state index is 0.221. The zero-order valence-electron chi connectivity index (χ0n) is 13.3. The van der Waals surface area contributed by atoms with Gasteiger partial charge in [-0.05, 0) is 58.7 Å². The lowest BCUT2D eigenvalue weighted by Gasteiger charge is -2.23. The van der Waals surface area contributed by atoms with Gasteiger partial charge in [-0.1, -0.05) is 13.8 Å². The fourth-order valence-corrected chi connectivity index (χ4v) is 3.70. The van der Waals surface area contributed by atoms with E-state index in [9.17, 15) is 4.79 Å². The fourth-order valence-electron chi connectivity index (χ4n) is 3.70. The van der Waals surface area contributed by atoms with Crippen LogP contribution in [0.2, 0.25) is 0 Å². The molecule has 1 amide bonds. The van der Waals surface area contributed by atoms with Crippen molar-refractivity contribution in [3.05, 3.63) is 0 Å². The van der Waals surface area contributed by atoms with E-state index in [1.165, 1.54) is 12.8 Å². The van der Waals surface area contributed by atoms with Crippen molar-refractivity contribution in [1.29, 1.82) is 0 Å². The minimum Gasteiger partial charge on any atom is -0.353 e. The van der Waals surface area contributed by atoms with E-state index in [-0.39, 0.29) is 11.8 Å². The number of rotatable bonds is 8. The number of amides is 1. The van der Waals surface area contributed by atoms with E-state index in [0.29, 0.717) is 18.1 Å². The number of hydrogen-bond donors (Lipinski definition) is 2. The van der Waals surface area contributed by atoms with Gasteiger partial charge < -0.3 is 15.5 Å². The van der Waals surface area contributed by atoms with Crippen LogP contribution in [0.25, 0.3) is 0 Å². The van der Waals surface area contributed by atoms with Crippen LogP contribution in [0, 0.1) is 5.92 Å². The lowest BCUT2D eigenvalue weighted by molar-refractivity contribution is -0.126. The molecule has 2 bridgehead atoms. The highest BCUT2D eigenvalue weighted by Crippen LogP contribution is 2.33. The summed E-state index contributed by atoms with van der Waals surface area (Å²) in [5.41, 5.74) is 0. The van der Waals surface area contributed by atoms with Gasteiger partial charge in [-0.2, -0.15) is 0 Å². The van der Waals surface area contributed by atoms with Gasteiger partial charge in [0.25, 0.3) is 0 Å². The molecule has 2 saturated heterocycles. The van der Waals surface area contributed by atoms with Gasteiger partial charge in [0, 0.05) is 18.1 Å². The van der Waals surface area contributed by atoms with Gasteiger partial charge in [-0.25, -0.2) is 0 Å². The summed E-state index contributed by atoms with van der Waals surface area (Å²) in [7, 11) is 0. The summed E-state index contributed by atoms with van der Waals surface area (Å²) in [6.07, 6.45) is 5.73. The van der Waals surface area contributed by atoms with Crippen molar-refractivity contribution in [3.63, 3.8) is 0 Å². The third-order valence-corrected chi connectivity index (χ3v) is 5.03. The highest BCUT2D eigenvalue weighted by molar-refractivity contribution is 5.80. The van der Waals surface area contributed by atoms with E-state index in [2.05, 4.69) is 36.3 Å². The summed E-state index contributed by atoms with van der Waals surface area (Å²) >= 11 is 0. The number of nitrogens with zero attached hydrogens (tertiary/aromatic N) is 1. The van der Waals surface area contributed by atoms with E-state index in [4.69, 9.17) is 0 Å². The van der Waals surface area contributed by atoms with Crippen LogP contribution in [-0.2, 0) is 4.79 Å². The molecule has 2 N–H and O–H groups in total. The van der Waals surface area contributed by atoms with Crippen molar-refractivity contribution in [3.8, 4) is 0 Å². The van der Waals surface area contributed by atoms with E-state index in [1.54, 1.807) is 0 Å². The molecule has 4 nitrogen and oxygen atoms in total. The van der Waals surface area contributed by atoms with Crippen LogP contribution in [-0.4, -0.2) is 48.6 Å². The molecule has 116 valence electrons. The third kappa shape index (κ3) is 3.95. The quantitative estimate of drug-likeness (QED) is 0.712. The van der Waals surface area contributed by atoms with Crippen LogP contribution in [0.4, 0.5) is 0 Å². The van der Waals surface area contributed by atoms with Crippen LogP contribution in [0.15, 0.2) is 0 Å². The molecule has 2 heterocycles. The Kier molecular flexibility index (Phi) is 5.85. The first-order valence-corrected chi connectivity index (χ1v) is 8.42. The zero-order chi connectivity index (χ0) is 14.5. The van der Waals surface area contributed by atoms with E-state index >= 15 is 0 Å². The van der Waals surface area contributed by atoms with Crippen molar-refractivity contribution >= 4 is 5.91 Å². The van der Waals surface area contributed by atoms with Crippen LogP contribution >= 0.6 is 0 Å². The Morgan fingerprint density at radius 1 is 1.35 bits per heavy atom. The first-order valence-electron chi connectivity index (χ1n) is 8.42. The number of carbonyl (C=O) groups is 1. The van der Waals surface area contributed by atoms with Crippen molar-refractivity contribution in [1.82, 2.24) is 15.5 Å². The summed E-state index contributed by atoms with van der Waals surface area (Å²) in [5.74, 6) is 0.499. The maximum atomic E-state index is 12.3. The van der Waals surface area contributed by atoms with Crippen LogP contribution in [0.3, 0.4) is 0 Å². The Labute approximate surface area is 123 Å². The summed E-state index contributed by atoms with van der Waals surface area (Å²) in [4.78, 5) is 14.7. The molecule has 20 heavy (non-hydrogen) atoms. The van der Waals surface area contributed by atoms with E-state index in [0.717, 1.165) is 38.9 Å². The topological polar surface area (TPSA) is 44.4 Å². The average Bonchev–Trinajstić information content (AvgIpc) is 3.06. The maximum absolute atomic E-state index is 12.3. The Morgan fingerprint density at radius 3 is 2.65 bits per heavy atom. The molecule has 2 fully saturated rings. The van der Waals surface area contributed by atoms with Crippen LogP contribution in [0.5, 0.6) is 0 Å². The molecule has 0 saturated carbocycles. The average molecular weight is 281 g/mol. The summed E-state index contributed by atoms with van der Waals surface area (Å²) in [6, 6.07) is 1.36. The Hall–Kier alpha value is -0.610. The molecule has 0 aromatic rings. The van der Waals surface area contributed by atoms with Crippen molar-refractivity contribution in [2.75, 3.05) is 19.6 Å². The molecule has 2 aliphatic rings. The lowest BCUT2D eigenvalue weighted by Crippen LogP contribution is -2.41. The van der Waals surface area contributed by atoms with Gasteiger partial charge in [0.2, 0.25) is 5.91 Å². The molecule has 4 heteroatoms. The van der Waals surface area contributed by atoms with Gasteiger partial charge in [0.15, 0.2) is 0 Å². The molecular formula is C16H31N3O. The van der Waals surface area contributed by atoms with Crippen LogP contribution in [0.1, 0.15) is 52.9 Å². The predicted molar refractivity (Wildman–Crippen MR) is 82.7 cm³/mol. The molecule has 0 aromatic heterocycles. The molecule has 2 rings (SSSR count). The predicted octanol–water partition coefficient (Wildman–Crippen LogP) is 1.75. The normalized spacial score (nSPS) is 29.9. The molecule has 0 aromatic carbocycles. The van der Waals surface area contributed by atoms with Crippen molar-refractivity contribution in [2.24, 2.45) is 5.92 Å². The number of nitrogens with one attached hydrogen (secondary N) is 2. The Bertz CT molecular complexity index is 317. The highest BCUT2D eigenvalue weighted by atomic mass is 16.2. The molecule has 0 radical (unpaired) electrons. The molecule has 4 unspecified atom stereocenters. The first kappa shape index (κ1) is 15.8. The van der Waals surface area contributed by atoms with Gasteiger partial charge in [-0.15, -0.1) is 0 Å². The standard InChI is InChI=1S/C16H31N3O/c1-4-19(5-2)10-6-7-12(3)17-16(20)14-11-13-8-9-15(14)18-13/h12-15,18H,4-11H2,1-3H3,(H,17,20). The number of carbonyl (C=O) groups excluding carboxylic acids is 1. The Morgan fingerprint density at radius 2 is 2.10 bits per heavy atom. The second-order valence-electron chi connectivity index (χ2n) is 6.47. The molecular weight excluding hydrogens is 250 g/mol. The minimum atomic E-state index is 0.221. The third-order valence-electron chi connectivity index (χ3n) is 5.03. The summed E-state index contributed by atoms with van der Waals surface area (Å²) < 4.78 is 0. The zero-order valence-corrected chi connectivity index (χ0v) is 13.3. The fraction of sp³-hybridized carbons (Fsp3) is 0.938. The van der Waals surface area contributed by atoms with Gasteiger partial charge in [0.1, 0.15) is 0 Å². The first-order chi connectivity index (χ1) is 9.63. The van der Waals surface area contributed by atoms with E-state index in [1.807, 2.05) is 0 Å². The van der Waals surface area contributed by atoms with Crippen molar-refractivity contribution < 1.29 is 4.79 Å². The highest BCUT2D eigenvalue weighted by Gasteiger charge is 2.42. The molecule has 0 aliphatic carbocycles. The second kappa shape index (κ2) is 7.41. The number of hydrogen-bond acceptors (Lipinski definition) is 3. The molecule has 4 atom stereocenters. The SMILES string of the molecule is CCN(CC)CCCC(C)NC(=O)C1CC2CCC1N2. The van der Waals surface area contributed by atoms with Gasteiger partial charge in [-0.3, -0.25) is 4.79 Å². The largest absolute Gasteiger partial charge is 0.353 e. The Balaban J connectivity index is 1.64. The lowest BCUT2D eigenvalue weighted by atomic mass is 9.88. The number of fused-ring (bicyclic) bond motifs is 2. The monoisotopic (exact) mass is 281 g/mol. The van der Waals surface area contributed by atoms with Gasteiger partial charge >= 0.3 is 0 Å². The smallest absolute Gasteiger partial charge is 0.224 e. The second-order valence-corrected chi connectivity index (χ2v) is 6.47. The maximum Gasteiger partial charge on any atom is 0.224 e.